The first-order valence-corrected chi connectivity index (χ1v) is 8.45. The summed E-state index contributed by atoms with van der Waals surface area (Å²) in [6.07, 6.45) is 1.16. The number of hydrogen-bond donors (Lipinski definition) is 2. The molecule has 0 radical (unpaired) electrons. The van der Waals surface area contributed by atoms with E-state index in [4.69, 9.17) is 21.1 Å². The second-order valence-electron chi connectivity index (χ2n) is 5.90. The number of amides is 3. The summed E-state index contributed by atoms with van der Waals surface area (Å²) >= 11 is 5.94. The van der Waals surface area contributed by atoms with Crippen molar-refractivity contribution in [2.45, 2.75) is 32.7 Å². The highest BCUT2D eigenvalue weighted by Crippen LogP contribution is 2.30. The Labute approximate surface area is 151 Å². The number of rotatable bonds is 5. The van der Waals surface area contributed by atoms with E-state index in [1.54, 1.807) is 18.2 Å². The highest BCUT2D eigenvalue weighted by molar-refractivity contribution is 6.30. The monoisotopic (exact) mass is 368 g/mol. The molecule has 7 nitrogen and oxygen atoms in total. The molecule has 8 heteroatoms. The molecule has 0 saturated heterocycles. The molecule has 0 fully saturated rings. The normalized spacial score (nSPS) is 16.8. The molecule has 0 spiro atoms. The molecule has 0 aromatic heterocycles. The fraction of sp³-hybridized carbons (Fsp3) is 0.471. The minimum absolute atomic E-state index is 0.0540. The van der Waals surface area contributed by atoms with Gasteiger partial charge in [-0.2, -0.15) is 0 Å². The highest BCUT2D eigenvalue weighted by Gasteiger charge is 2.28. The van der Waals surface area contributed by atoms with E-state index in [0.29, 0.717) is 17.2 Å². The highest BCUT2D eigenvalue weighted by atomic mass is 35.5. The maximum Gasteiger partial charge on any atom is 0.321 e. The Hall–Kier alpha value is -2.28. The summed E-state index contributed by atoms with van der Waals surface area (Å²) in [6, 6.07) is 4.54. The van der Waals surface area contributed by atoms with Crippen molar-refractivity contribution in [1.29, 1.82) is 0 Å². The Morgan fingerprint density at radius 1 is 1.40 bits per heavy atom. The standard InChI is InChI=1S/C17H21ClN2O5/c1-3-10(2)19-17(23)20-15(21)9-25-16(22)12-6-11-7-13(18)4-5-14(11)24-8-12/h4-5,7,10,12H,3,6,8-9H2,1-2H3,(H2,19,20,21,23)/t10-,12+/m0/s1. The maximum absolute atomic E-state index is 12.1. The third-order valence-corrected chi connectivity index (χ3v) is 4.09. The van der Waals surface area contributed by atoms with E-state index in [9.17, 15) is 14.4 Å². The van der Waals surface area contributed by atoms with Crippen molar-refractivity contribution in [2.75, 3.05) is 13.2 Å². The molecule has 0 bridgehead atoms. The van der Waals surface area contributed by atoms with E-state index in [-0.39, 0.29) is 12.6 Å². The zero-order valence-corrected chi connectivity index (χ0v) is 14.9. The summed E-state index contributed by atoms with van der Waals surface area (Å²) < 4.78 is 10.5. The molecule has 25 heavy (non-hydrogen) atoms. The second-order valence-corrected chi connectivity index (χ2v) is 6.34. The van der Waals surface area contributed by atoms with Crippen molar-refractivity contribution in [1.82, 2.24) is 10.6 Å². The van der Waals surface area contributed by atoms with Gasteiger partial charge in [0.25, 0.3) is 5.91 Å². The SMILES string of the molecule is CC[C@H](C)NC(=O)NC(=O)COC(=O)[C@H]1COc2ccc(Cl)cc2C1. The smallest absolute Gasteiger partial charge is 0.321 e. The zero-order valence-electron chi connectivity index (χ0n) is 14.1. The van der Waals surface area contributed by atoms with Crippen molar-refractivity contribution >= 4 is 29.5 Å². The summed E-state index contributed by atoms with van der Waals surface area (Å²) in [4.78, 5) is 35.3. The Morgan fingerprint density at radius 3 is 2.88 bits per heavy atom. The van der Waals surface area contributed by atoms with E-state index in [2.05, 4.69) is 10.6 Å². The van der Waals surface area contributed by atoms with Crippen molar-refractivity contribution in [2.24, 2.45) is 5.92 Å². The van der Waals surface area contributed by atoms with Crippen LogP contribution in [-0.4, -0.2) is 37.2 Å². The van der Waals surface area contributed by atoms with Gasteiger partial charge in [0.05, 0.1) is 5.92 Å². The van der Waals surface area contributed by atoms with Crippen LogP contribution in [-0.2, 0) is 20.7 Å². The predicted molar refractivity (Wildman–Crippen MR) is 91.5 cm³/mol. The van der Waals surface area contributed by atoms with Crippen molar-refractivity contribution in [3.8, 4) is 5.75 Å². The number of carbonyl (C=O) groups excluding carboxylic acids is 3. The lowest BCUT2D eigenvalue weighted by atomic mass is 9.97. The topological polar surface area (TPSA) is 93.7 Å². The van der Waals surface area contributed by atoms with Gasteiger partial charge >= 0.3 is 12.0 Å². The molecule has 0 aliphatic carbocycles. The molecule has 1 aliphatic rings. The number of fused-ring (bicyclic) bond motifs is 1. The summed E-state index contributed by atoms with van der Waals surface area (Å²) in [5, 5.41) is 5.25. The van der Waals surface area contributed by atoms with Crippen LogP contribution in [0.2, 0.25) is 5.02 Å². The Bertz CT molecular complexity index is 664. The number of nitrogens with one attached hydrogen (secondary N) is 2. The summed E-state index contributed by atoms with van der Waals surface area (Å²) in [5.41, 5.74) is 0.818. The molecular formula is C17H21ClN2O5. The maximum atomic E-state index is 12.1. The van der Waals surface area contributed by atoms with Crippen LogP contribution in [0, 0.1) is 5.92 Å². The number of benzene rings is 1. The summed E-state index contributed by atoms with van der Waals surface area (Å²) in [5.74, 6) is -1.07. The lowest BCUT2D eigenvalue weighted by Gasteiger charge is -2.24. The Balaban J connectivity index is 1.79. The van der Waals surface area contributed by atoms with Gasteiger partial charge in [0.2, 0.25) is 0 Å². The molecule has 1 aromatic carbocycles. The van der Waals surface area contributed by atoms with E-state index >= 15 is 0 Å². The Morgan fingerprint density at radius 2 is 2.16 bits per heavy atom. The largest absolute Gasteiger partial charge is 0.492 e. The second kappa shape index (κ2) is 8.71. The molecule has 2 rings (SSSR count). The molecule has 0 unspecified atom stereocenters. The van der Waals surface area contributed by atoms with Crippen LogP contribution in [0.25, 0.3) is 0 Å². The van der Waals surface area contributed by atoms with Crippen LogP contribution in [0.3, 0.4) is 0 Å². The molecule has 1 aliphatic heterocycles. The molecule has 1 aromatic rings. The third kappa shape index (κ3) is 5.63. The Kier molecular flexibility index (Phi) is 6.64. The minimum atomic E-state index is -0.686. The lowest BCUT2D eigenvalue weighted by molar-refractivity contribution is -0.153. The number of esters is 1. The first kappa shape index (κ1) is 19.1. The quantitative estimate of drug-likeness (QED) is 0.776. The van der Waals surface area contributed by atoms with Gasteiger partial charge in [0, 0.05) is 11.1 Å². The van der Waals surface area contributed by atoms with Gasteiger partial charge in [0.1, 0.15) is 12.4 Å². The fourth-order valence-corrected chi connectivity index (χ4v) is 2.49. The van der Waals surface area contributed by atoms with E-state index in [1.165, 1.54) is 0 Å². The average molecular weight is 369 g/mol. The number of ether oxygens (including phenoxy) is 2. The van der Waals surface area contributed by atoms with Crippen molar-refractivity contribution < 1.29 is 23.9 Å². The van der Waals surface area contributed by atoms with Crippen molar-refractivity contribution in [3.05, 3.63) is 28.8 Å². The number of imide groups is 1. The lowest BCUT2D eigenvalue weighted by Crippen LogP contribution is -2.45. The molecule has 2 N–H and O–H groups in total. The van der Waals surface area contributed by atoms with Gasteiger partial charge in [-0.15, -0.1) is 0 Å². The van der Waals surface area contributed by atoms with Crippen LogP contribution in [0.4, 0.5) is 4.79 Å². The number of urea groups is 1. The fourth-order valence-electron chi connectivity index (χ4n) is 2.29. The minimum Gasteiger partial charge on any atom is -0.492 e. The number of halogens is 1. The van der Waals surface area contributed by atoms with Crippen LogP contribution < -0.4 is 15.4 Å². The van der Waals surface area contributed by atoms with Crippen LogP contribution in [0.1, 0.15) is 25.8 Å². The third-order valence-electron chi connectivity index (χ3n) is 3.85. The number of hydrogen-bond acceptors (Lipinski definition) is 5. The van der Waals surface area contributed by atoms with Gasteiger partial charge in [-0.1, -0.05) is 18.5 Å². The zero-order chi connectivity index (χ0) is 18.4. The molecule has 3 amide bonds. The van der Waals surface area contributed by atoms with Gasteiger partial charge in [0.15, 0.2) is 6.61 Å². The predicted octanol–water partition coefficient (Wildman–Crippen LogP) is 2.06. The summed E-state index contributed by atoms with van der Waals surface area (Å²) in [6.45, 7) is 3.37. The average Bonchev–Trinajstić information content (AvgIpc) is 2.58. The van der Waals surface area contributed by atoms with Gasteiger partial charge < -0.3 is 14.8 Å². The molecule has 1 heterocycles. The van der Waals surface area contributed by atoms with Crippen LogP contribution >= 0.6 is 11.6 Å². The van der Waals surface area contributed by atoms with E-state index in [0.717, 1.165) is 12.0 Å². The van der Waals surface area contributed by atoms with Crippen molar-refractivity contribution in [3.63, 3.8) is 0 Å². The van der Waals surface area contributed by atoms with Gasteiger partial charge in [-0.05, 0) is 43.5 Å². The number of carbonyl (C=O) groups is 3. The molecule has 136 valence electrons. The van der Waals surface area contributed by atoms with Crippen LogP contribution in [0.15, 0.2) is 18.2 Å². The first-order chi connectivity index (χ1) is 11.9. The first-order valence-electron chi connectivity index (χ1n) is 8.07. The van der Waals surface area contributed by atoms with Gasteiger partial charge in [-0.3, -0.25) is 14.9 Å². The molecule has 2 atom stereocenters. The van der Waals surface area contributed by atoms with Crippen LogP contribution in [0.5, 0.6) is 5.75 Å². The summed E-state index contributed by atoms with van der Waals surface area (Å²) in [7, 11) is 0. The molecule has 0 saturated carbocycles. The van der Waals surface area contributed by atoms with E-state index in [1.807, 2.05) is 13.8 Å². The molecular weight excluding hydrogens is 348 g/mol. The van der Waals surface area contributed by atoms with E-state index < -0.39 is 30.4 Å². The van der Waals surface area contributed by atoms with Gasteiger partial charge in [-0.25, -0.2) is 4.79 Å².